The summed E-state index contributed by atoms with van der Waals surface area (Å²) in [4.78, 5) is 45.3. The molecule has 6 N–H and O–H groups in total. The van der Waals surface area contributed by atoms with Crippen molar-refractivity contribution < 1.29 is 58.3 Å². The lowest BCUT2D eigenvalue weighted by atomic mass is 10.2. The molecule has 22 nitrogen and oxygen atoms in total. The highest BCUT2D eigenvalue weighted by atomic mass is 35.5. The van der Waals surface area contributed by atoms with Crippen LogP contribution in [0.2, 0.25) is 5.02 Å². The van der Waals surface area contributed by atoms with Gasteiger partial charge in [-0.05, 0) is 72.8 Å². The van der Waals surface area contributed by atoms with Gasteiger partial charge in [0.15, 0.2) is 23.3 Å². The van der Waals surface area contributed by atoms with Crippen LogP contribution in [-0.4, -0.2) is 87.3 Å². The number of benzene rings is 6. The second kappa shape index (κ2) is 22.7. The number of carbonyl (C=O) groups is 2. The number of hydrogen-bond donors (Lipinski definition) is 6. The highest BCUT2D eigenvalue weighted by Gasteiger charge is 2.38. The van der Waals surface area contributed by atoms with Crippen molar-refractivity contribution in [2.45, 2.75) is 28.4 Å². The Hall–Kier alpha value is -9.31. The maximum Gasteiger partial charge on any atom is 0.391 e. The molecule has 0 aliphatic rings. The summed E-state index contributed by atoms with van der Waals surface area (Å²) in [5, 5.41) is 12.5. The molecule has 3 heterocycles. The van der Waals surface area contributed by atoms with Gasteiger partial charge in [0, 0.05) is 41.7 Å². The van der Waals surface area contributed by atoms with Gasteiger partial charge in [0.25, 0.3) is 20.0 Å². The van der Waals surface area contributed by atoms with Gasteiger partial charge in [-0.25, -0.2) is 47.2 Å². The maximum atomic E-state index is 14.5. The van der Waals surface area contributed by atoms with Crippen LogP contribution in [0.4, 0.5) is 59.2 Å². The Kier molecular flexibility index (Phi) is 15.7. The molecule has 0 saturated carbocycles. The number of halogens is 4. The second-order valence-electron chi connectivity index (χ2n) is 16.8. The van der Waals surface area contributed by atoms with E-state index in [0.29, 0.717) is 50.0 Å². The van der Waals surface area contributed by atoms with E-state index < -0.39 is 71.7 Å². The molecule has 9 rings (SSSR count). The molecule has 2 amide bonds. The highest BCUT2D eigenvalue weighted by Crippen LogP contribution is 2.35. The molecule has 0 fully saturated rings. The average Bonchev–Trinajstić information content (AvgIpc) is 4.06. The minimum absolute atomic E-state index is 0.0603. The average molecular weight is 1140 g/mol. The highest BCUT2D eigenvalue weighted by molar-refractivity contribution is 7.93. The SMILES string of the molecule is COc1cc(Nc2nc3ccccc3nc2NS(=O)(=O)c2cccc(N(NC(CC(F)(F)F)C(=O)Nc3cccc(S(=O)(=O)Nc4nc5ccccc5nc4Nc4cc(OC)ccc4Cl)c3)C(=O)c3ccno3)c2)cc(OC)c1. The lowest BCUT2D eigenvalue weighted by Crippen LogP contribution is -2.54. The molecule has 1 atom stereocenters. The minimum Gasteiger partial charge on any atom is -0.497 e. The van der Waals surface area contributed by atoms with Crippen molar-refractivity contribution in [3.8, 4) is 17.2 Å². The fourth-order valence-corrected chi connectivity index (χ4v) is 9.86. The summed E-state index contributed by atoms with van der Waals surface area (Å²) < 4.78 is 126. The third-order valence-electron chi connectivity index (χ3n) is 11.3. The zero-order valence-electron chi connectivity index (χ0n) is 41.2. The summed E-state index contributed by atoms with van der Waals surface area (Å²) in [6.07, 6.45) is -5.92. The largest absolute Gasteiger partial charge is 0.497 e. The number of fused-ring (bicyclic) bond motifs is 2. The van der Waals surface area contributed by atoms with E-state index in [1.165, 1.54) is 45.6 Å². The number of nitrogens with zero attached hydrogens (tertiary/aromatic N) is 6. The Morgan fingerprint density at radius 1 is 0.620 bits per heavy atom. The van der Waals surface area contributed by atoms with E-state index in [1.807, 2.05) is 0 Å². The van der Waals surface area contributed by atoms with Crippen LogP contribution in [0.15, 0.2) is 160 Å². The Morgan fingerprint density at radius 2 is 1.16 bits per heavy atom. The van der Waals surface area contributed by atoms with Gasteiger partial charge in [0.2, 0.25) is 11.7 Å². The number of carbonyl (C=O) groups excluding carboxylic acids is 2. The molecule has 0 bridgehead atoms. The van der Waals surface area contributed by atoms with E-state index in [0.717, 1.165) is 36.5 Å². The number of anilines is 8. The van der Waals surface area contributed by atoms with Crippen molar-refractivity contribution in [3.63, 3.8) is 0 Å². The van der Waals surface area contributed by atoms with Gasteiger partial charge in [0.1, 0.15) is 23.3 Å². The zero-order chi connectivity index (χ0) is 56.1. The number of hydrazine groups is 1. The number of aromatic nitrogens is 5. The summed E-state index contributed by atoms with van der Waals surface area (Å²) in [5.74, 6) is -2.64. The van der Waals surface area contributed by atoms with E-state index in [4.69, 9.17) is 30.3 Å². The van der Waals surface area contributed by atoms with Crippen LogP contribution in [0.3, 0.4) is 0 Å². The third-order valence-corrected chi connectivity index (χ3v) is 14.3. The van der Waals surface area contributed by atoms with Gasteiger partial charge in [-0.15, -0.1) is 0 Å². The van der Waals surface area contributed by atoms with Crippen LogP contribution < -0.4 is 50.0 Å². The monoisotopic (exact) mass is 1140 g/mol. The number of amides is 2. The Morgan fingerprint density at radius 3 is 1.71 bits per heavy atom. The Labute approximate surface area is 452 Å². The Balaban J connectivity index is 1.00. The molecular weight excluding hydrogens is 1100 g/mol. The number of para-hydroxylation sites is 4. The van der Waals surface area contributed by atoms with E-state index in [1.54, 1.807) is 84.9 Å². The van der Waals surface area contributed by atoms with Gasteiger partial charge < -0.3 is 34.7 Å². The molecule has 28 heteroatoms. The molecule has 0 radical (unpaired) electrons. The molecule has 79 heavy (non-hydrogen) atoms. The molecule has 0 saturated heterocycles. The number of rotatable bonds is 20. The standard InChI is InChI=1S/C51H42ClF3N12O10S2/c1-74-32-18-19-37(52)42(27-32)63-46-48(62-41-17-7-5-15-39(41)60-46)66-78(70,71)35-12-8-10-29(24-35)58-49(68)43(28-51(53,54)55)64-67(50(69)44-20-21-56-77-44)31-11-9-13-36(25-31)79(72,73)65-47-45(59-38-14-4-6-16-40(38)61-47)57-30-22-33(75-2)26-34(23-30)76-3/h4-27,43,64H,28H2,1-3H3,(H,57,59)(H,58,68)(H,60,63)(H,61,65)(H,62,66). The second-order valence-corrected chi connectivity index (χ2v) is 20.5. The lowest BCUT2D eigenvalue weighted by molar-refractivity contribution is -0.147. The van der Waals surface area contributed by atoms with Crippen molar-refractivity contribution in [1.82, 2.24) is 30.5 Å². The number of nitrogens with one attached hydrogen (secondary N) is 6. The van der Waals surface area contributed by atoms with Gasteiger partial charge in [-0.2, -0.15) is 13.2 Å². The van der Waals surface area contributed by atoms with Gasteiger partial charge in [0.05, 0.1) is 82.2 Å². The van der Waals surface area contributed by atoms with E-state index in [2.05, 4.69) is 55.9 Å². The number of ether oxygens (including phenoxy) is 3. The smallest absolute Gasteiger partial charge is 0.391 e. The zero-order valence-corrected chi connectivity index (χ0v) is 43.6. The van der Waals surface area contributed by atoms with Crippen molar-refractivity contribution in [2.24, 2.45) is 0 Å². The van der Waals surface area contributed by atoms with Crippen LogP contribution in [0, 0.1) is 0 Å². The first-order valence-corrected chi connectivity index (χ1v) is 26.4. The van der Waals surface area contributed by atoms with E-state index >= 15 is 0 Å². The summed E-state index contributed by atoms with van der Waals surface area (Å²) >= 11 is 6.45. The normalized spacial score (nSPS) is 12.1. The van der Waals surface area contributed by atoms with E-state index in [-0.39, 0.29) is 39.7 Å². The fraction of sp³-hybridized carbons (Fsp3) is 0.118. The number of hydrogen-bond acceptors (Lipinski definition) is 18. The number of sulfonamides is 2. The fourth-order valence-electron chi connectivity index (χ4n) is 7.59. The quantitative estimate of drug-likeness (QED) is 0.0387. The molecule has 0 aliphatic heterocycles. The molecule has 6 aromatic carbocycles. The summed E-state index contributed by atoms with van der Waals surface area (Å²) in [7, 11) is -5.01. The van der Waals surface area contributed by atoms with Gasteiger partial charge >= 0.3 is 12.1 Å². The molecule has 0 spiro atoms. The first kappa shape index (κ1) is 54.5. The number of alkyl halides is 3. The van der Waals surface area contributed by atoms with Crippen molar-refractivity contribution >= 4 is 112 Å². The van der Waals surface area contributed by atoms with Gasteiger partial charge in [-0.1, -0.05) is 53.2 Å². The molecule has 9 aromatic rings. The Bertz CT molecular complexity index is 3970. The van der Waals surface area contributed by atoms with Crippen LogP contribution in [-0.2, 0) is 24.8 Å². The van der Waals surface area contributed by atoms with Gasteiger partial charge in [-0.3, -0.25) is 19.0 Å². The predicted molar refractivity (Wildman–Crippen MR) is 287 cm³/mol. The van der Waals surface area contributed by atoms with E-state index in [9.17, 15) is 39.6 Å². The summed E-state index contributed by atoms with van der Waals surface area (Å²) in [6.45, 7) is 0. The topological polar surface area (TPSA) is 283 Å². The van der Waals surface area contributed by atoms with Crippen LogP contribution in [0.1, 0.15) is 17.0 Å². The minimum atomic E-state index is -5.08. The molecule has 1 unspecified atom stereocenters. The van der Waals surface area contributed by atoms with Crippen molar-refractivity contribution in [3.05, 3.63) is 157 Å². The predicted octanol–water partition coefficient (Wildman–Crippen LogP) is 9.44. The molecule has 0 aliphatic carbocycles. The summed E-state index contributed by atoms with van der Waals surface area (Å²) in [6, 6.07) is 30.5. The first-order chi connectivity index (χ1) is 37.8. The third kappa shape index (κ3) is 12.9. The van der Waals surface area contributed by atoms with Crippen LogP contribution in [0.5, 0.6) is 17.2 Å². The first-order valence-electron chi connectivity index (χ1n) is 23.1. The lowest BCUT2D eigenvalue weighted by Gasteiger charge is -2.28. The van der Waals surface area contributed by atoms with Crippen molar-refractivity contribution in [1.29, 1.82) is 0 Å². The molecular formula is C51H42ClF3N12O10S2. The molecule has 3 aromatic heterocycles. The van der Waals surface area contributed by atoms with Crippen molar-refractivity contribution in [2.75, 3.05) is 51.7 Å². The van der Waals surface area contributed by atoms with Crippen LogP contribution >= 0.6 is 11.6 Å². The summed E-state index contributed by atoms with van der Waals surface area (Å²) in [5.41, 5.74) is 3.63. The maximum absolute atomic E-state index is 14.5. The molecule has 406 valence electrons. The number of methoxy groups -OCH3 is 3. The van der Waals surface area contributed by atoms with Crippen LogP contribution in [0.25, 0.3) is 22.1 Å².